The molecule has 0 spiro atoms. The normalized spacial score (nSPS) is 11.3. The number of nitrogens with two attached hydrogens (primary N) is 2. The van der Waals surface area contributed by atoms with Gasteiger partial charge in [-0.2, -0.15) is 0 Å². The van der Waals surface area contributed by atoms with Gasteiger partial charge in [0.2, 0.25) is 5.91 Å². The summed E-state index contributed by atoms with van der Waals surface area (Å²) < 4.78 is 0. The van der Waals surface area contributed by atoms with E-state index < -0.39 is 5.91 Å². The molecule has 0 fully saturated rings. The lowest BCUT2D eigenvalue weighted by atomic mass is 10.7. The Hall–Kier alpha value is -0.450. The molecule has 0 unspecified atom stereocenters. The summed E-state index contributed by atoms with van der Waals surface area (Å²) in [5.41, 5.74) is 10.3. The lowest BCUT2D eigenvalue weighted by Gasteiger charge is -2.15. The van der Waals surface area contributed by atoms with Gasteiger partial charge in [0.15, 0.2) is 0 Å². The summed E-state index contributed by atoms with van der Waals surface area (Å²) in [5.74, 6) is -1.15. The second kappa shape index (κ2) is 2.02. The molecule has 0 aromatic rings. The highest BCUT2D eigenvalue weighted by Gasteiger charge is 2.08. The van der Waals surface area contributed by atoms with E-state index in [4.69, 9.17) is 11.5 Å². The van der Waals surface area contributed by atoms with Crippen LogP contribution >= 0.6 is 0 Å². The summed E-state index contributed by atoms with van der Waals surface area (Å²) in [6.45, 7) is 3.14. The summed E-state index contributed by atoms with van der Waals surface area (Å²) in [5, 5.41) is 2.52. The molecule has 0 aromatic heterocycles. The molecule has 42 valence electrons. The molecule has 0 radical (unpaired) electrons. The predicted octanol–water partition coefficient (Wildman–Crippen LogP) is -1.56. The molecule has 0 aliphatic heterocycles. The molecule has 0 rings (SSSR count). The van der Waals surface area contributed by atoms with Crippen molar-refractivity contribution in [3.63, 3.8) is 0 Å². The van der Waals surface area contributed by atoms with Crippen LogP contribution in [-0.4, -0.2) is 19.7 Å². The summed E-state index contributed by atoms with van der Waals surface area (Å²) in [4.78, 5) is 3.33. The van der Waals surface area contributed by atoms with Gasteiger partial charge in [-0.25, -0.2) is 4.99 Å². The highest BCUT2D eigenvalue weighted by Crippen LogP contribution is 1.77. The number of hydrogen-bond donors (Lipinski definition) is 3. The van der Waals surface area contributed by atoms with Crippen molar-refractivity contribution < 1.29 is 0 Å². The zero-order chi connectivity index (χ0) is 5.91. The van der Waals surface area contributed by atoms with Crippen LogP contribution in [0.5, 0.6) is 0 Å². The van der Waals surface area contributed by atoms with Gasteiger partial charge in [0, 0.05) is 0 Å². The third-order valence-electron chi connectivity index (χ3n) is 0.662. The van der Waals surface area contributed by atoms with E-state index >= 15 is 0 Å². The van der Waals surface area contributed by atoms with Crippen LogP contribution in [0.3, 0.4) is 0 Å². The predicted molar refractivity (Wildman–Crippen MR) is 29.7 cm³/mol. The van der Waals surface area contributed by atoms with Gasteiger partial charge >= 0.3 is 0 Å². The van der Waals surface area contributed by atoms with Crippen molar-refractivity contribution in [2.24, 2.45) is 16.5 Å². The summed E-state index contributed by atoms with van der Waals surface area (Å²) >= 11 is 0. The first-order valence-electron chi connectivity index (χ1n) is 1.87. The highest BCUT2D eigenvalue weighted by molar-refractivity contribution is 5.24. The van der Waals surface area contributed by atoms with Crippen LogP contribution in [0, 0.1) is 0 Å². The Balaban J connectivity index is 3.58. The van der Waals surface area contributed by atoms with Crippen molar-refractivity contribution in [3.05, 3.63) is 0 Å². The topological polar surface area (TPSA) is 76.4 Å². The molecule has 0 heterocycles. The van der Waals surface area contributed by atoms with E-state index in [0.717, 1.165) is 0 Å². The summed E-state index contributed by atoms with van der Waals surface area (Å²) in [7, 11) is 1.61. The van der Waals surface area contributed by atoms with Gasteiger partial charge in [0.25, 0.3) is 0 Å². The van der Waals surface area contributed by atoms with E-state index in [1.54, 1.807) is 7.05 Å². The Morgan fingerprint density at radius 2 is 2.14 bits per heavy atom. The third-order valence-corrected chi connectivity index (χ3v) is 0.662. The van der Waals surface area contributed by atoms with Crippen LogP contribution in [0.15, 0.2) is 4.99 Å². The fraction of sp³-hybridized carbons (Fsp3) is 0.667. The first-order chi connectivity index (χ1) is 3.12. The molecule has 0 aliphatic carbocycles. The molecule has 7 heavy (non-hydrogen) atoms. The Bertz CT molecular complexity index is 67.3. The van der Waals surface area contributed by atoms with Gasteiger partial charge in [0.05, 0.1) is 0 Å². The quantitative estimate of drug-likeness (QED) is 0.291. The Morgan fingerprint density at radius 1 is 1.71 bits per heavy atom. The largest absolute Gasteiger partial charge is 0.282 e. The van der Waals surface area contributed by atoms with Crippen LogP contribution in [-0.2, 0) is 0 Å². The minimum absolute atomic E-state index is 1.15. The van der Waals surface area contributed by atoms with E-state index in [0.29, 0.717) is 0 Å². The minimum atomic E-state index is -1.15. The first-order valence-corrected chi connectivity index (χ1v) is 1.87. The average Bonchev–Trinajstić information content (AvgIpc) is 1.68. The number of aliphatic imine (C=N–C) groups is 1. The zero-order valence-corrected chi connectivity index (χ0v) is 4.31. The van der Waals surface area contributed by atoms with E-state index in [-0.39, 0.29) is 0 Å². The number of nitrogens with zero attached hydrogens (tertiary/aromatic N) is 1. The zero-order valence-electron chi connectivity index (χ0n) is 4.31. The van der Waals surface area contributed by atoms with Crippen molar-refractivity contribution in [3.8, 4) is 0 Å². The third kappa shape index (κ3) is 2.27. The lowest BCUT2D eigenvalue weighted by Crippen LogP contribution is -2.57. The molecule has 0 aromatic carbocycles. The molecule has 4 heteroatoms. The maximum atomic E-state index is 5.15. The fourth-order valence-corrected chi connectivity index (χ4v) is 0.0791. The molecule has 0 saturated carbocycles. The van der Waals surface area contributed by atoms with Gasteiger partial charge in [0.1, 0.15) is 0 Å². The number of hydrogen-bond acceptors (Lipinski definition) is 4. The van der Waals surface area contributed by atoms with E-state index in [2.05, 4.69) is 17.0 Å². The van der Waals surface area contributed by atoms with Gasteiger partial charge < -0.3 is 0 Å². The van der Waals surface area contributed by atoms with Crippen molar-refractivity contribution in [1.82, 2.24) is 5.32 Å². The van der Waals surface area contributed by atoms with Gasteiger partial charge in [-0.15, -0.1) is 0 Å². The Morgan fingerprint density at radius 3 is 2.14 bits per heavy atom. The SMILES string of the molecule is C=NC(N)(N)NC. The molecule has 0 atom stereocenters. The standard InChI is InChI=1S/C3H10N4/c1-6-3(4,5)7-2/h7H,1,4-5H2,2H3. The molecule has 0 aliphatic rings. The Labute approximate surface area is 42.6 Å². The lowest BCUT2D eigenvalue weighted by molar-refractivity contribution is 0.399. The summed E-state index contributed by atoms with van der Waals surface area (Å²) in [6, 6.07) is 0. The molecular formula is C3H10N4. The Kier molecular flexibility index (Phi) is 1.89. The van der Waals surface area contributed by atoms with Crippen LogP contribution in [0.1, 0.15) is 0 Å². The van der Waals surface area contributed by atoms with Crippen LogP contribution in [0.25, 0.3) is 0 Å². The van der Waals surface area contributed by atoms with E-state index in [1.165, 1.54) is 0 Å². The van der Waals surface area contributed by atoms with Crippen LogP contribution < -0.4 is 16.8 Å². The van der Waals surface area contributed by atoms with Crippen molar-refractivity contribution in [2.45, 2.75) is 5.91 Å². The monoisotopic (exact) mass is 102 g/mol. The van der Waals surface area contributed by atoms with Crippen molar-refractivity contribution >= 4 is 6.72 Å². The molecule has 0 amide bonds. The van der Waals surface area contributed by atoms with Crippen LogP contribution in [0.4, 0.5) is 0 Å². The average molecular weight is 102 g/mol. The van der Waals surface area contributed by atoms with Gasteiger partial charge in [-0.3, -0.25) is 16.8 Å². The van der Waals surface area contributed by atoms with Crippen LogP contribution in [0.2, 0.25) is 0 Å². The molecular weight excluding hydrogens is 92.1 g/mol. The van der Waals surface area contributed by atoms with Crippen molar-refractivity contribution in [2.75, 3.05) is 7.05 Å². The van der Waals surface area contributed by atoms with E-state index in [9.17, 15) is 0 Å². The molecule has 4 nitrogen and oxygen atoms in total. The number of rotatable bonds is 2. The first kappa shape index (κ1) is 6.55. The molecule has 0 saturated heterocycles. The van der Waals surface area contributed by atoms with E-state index in [1.807, 2.05) is 0 Å². The fourth-order valence-electron chi connectivity index (χ4n) is 0.0791. The smallest absolute Gasteiger partial charge is 0.216 e. The van der Waals surface area contributed by atoms with Gasteiger partial charge in [-0.1, -0.05) is 0 Å². The van der Waals surface area contributed by atoms with Gasteiger partial charge in [-0.05, 0) is 13.8 Å². The highest BCUT2D eigenvalue weighted by atomic mass is 15.3. The van der Waals surface area contributed by atoms with Crippen molar-refractivity contribution in [1.29, 1.82) is 0 Å². The number of nitrogens with one attached hydrogen (secondary N) is 1. The maximum Gasteiger partial charge on any atom is 0.216 e. The maximum absolute atomic E-state index is 5.15. The molecule has 0 bridgehead atoms. The summed E-state index contributed by atoms with van der Waals surface area (Å²) in [6.07, 6.45) is 0. The second-order valence-electron chi connectivity index (χ2n) is 1.23. The minimum Gasteiger partial charge on any atom is -0.282 e. The molecule has 5 N–H and O–H groups in total. The second-order valence-corrected chi connectivity index (χ2v) is 1.23.